The fraction of sp³-hybridized carbons (Fsp3) is 0. The normalized spacial score (nSPS) is 11.4. The van der Waals surface area contributed by atoms with Crippen LogP contribution in [0.2, 0.25) is 0 Å². The van der Waals surface area contributed by atoms with E-state index in [-0.39, 0.29) is 0 Å². The van der Waals surface area contributed by atoms with E-state index in [2.05, 4.69) is 243 Å². The molecule has 12 aromatic rings. The Labute approximate surface area is 391 Å². The van der Waals surface area contributed by atoms with Crippen molar-refractivity contribution in [3.05, 3.63) is 243 Å². The minimum Gasteiger partial charge on any atom is -0.135 e. The molecular weight excluding hydrogens is 841 g/mol. The van der Waals surface area contributed by atoms with Gasteiger partial charge in [-0.2, -0.15) is 0 Å². The largest absolute Gasteiger partial charge is 0.135 e. The highest BCUT2D eigenvalue weighted by Gasteiger charge is 2.20. The predicted molar refractivity (Wildman–Crippen MR) is 284 cm³/mol. The third-order valence-electron chi connectivity index (χ3n) is 12.4. The SMILES string of the molecule is c1ccc(-c2ccc(-c3cccc(-c4ccc5c(-c6cccc(-c7ccc(-c8ccccc8)s7)c6)c6ccccc6c(-c6cccc(-c7ccc(-c8ccccc8)s7)c6)c5c4)c3)s2)cc1. The molecule has 3 heteroatoms. The zero-order valence-electron chi connectivity index (χ0n) is 35.3. The summed E-state index contributed by atoms with van der Waals surface area (Å²) in [7, 11) is 0. The van der Waals surface area contributed by atoms with Crippen LogP contribution in [0.5, 0.6) is 0 Å². The topological polar surface area (TPSA) is 0 Å². The summed E-state index contributed by atoms with van der Waals surface area (Å²) in [4.78, 5) is 7.63. The van der Waals surface area contributed by atoms with Crippen LogP contribution in [0.3, 0.4) is 0 Å². The van der Waals surface area contributed by atoms with Crippen molar-refractivity contribution in [1.82, 2.24) is 0 Å². The molecule has 0 saturated heterocycles. The van der Waals surface area contributed by atoms with Crippen molar-refractivity contribution in [2.75, 3.05) is 0 Å². The number of thiophene rings is 3. The summed E-state index contributed by atoms with van der Waals surface area (Å²) in [6, 6.07) is 89.2. The fourth-order valence-electron chi connectivity index (χ4n) is 9.24. The molecular formula is C62H40S3. The summed E-state index contributed by atoms with van der Waals surface area (Å²) >= 11 is 5.55. The van der Waals surface area contributed by atoms with E-state index in [0.29, 0.717) is 0 Å². The standard InChI is InChI=1S/C62H40S3/c1-4-15-41(16-5-1)55-31-34-58(63-55)46-22-12-21-44(37-46)45-29-30-53-54(40-45)62(50-26-14-24-48(39-50)60-36-33-57(65-60)43-19-8-3-9-20-43)52-28-11-10-27-51(52)61(53)49-25-13-23-47(38-49)59-35-32-56(64-59)42-17-6-2-7-18-42/h1-40H. The minimum absolute atomic E-state index is 1.20. The molecule has 12 rings (SSSR count). The molecule has 0 fully saturated rings. The maximum Gasteiger partial charge on any atom is 0.0349 e. The van der Waals surface area contributed by atoms with Gasteiger partial charge in [0.2, 0.25) is 0 Å². The molecule has 0 nitrogen and oxygen atoms in total. The van der Waals surface area contributed by atoms with Crippen LogP contribution in [0, 0.1) is 0 Å². The van der Waals surface area contributed by atoms with Gasteiger partial charge in [-0.1, -0.05) is 182 Å². The second kappa shape index (κ2) is 17.0. The Kier molecular flexibility index (Phi) is 10.2. The number of fused-ring (bicyclic) bond motifs is 2. The molecule has 0 bridgehead atoms. The summed E-state index contributed by atoms with van der Waals surface area (Å²) in [5.74, 6) is 0. The first kappa shape index (κ1) is 39.2. The van der Waals surface area contributed by atoms with Gasteiger partial charge in [0.05, 0.1) is 0 Å². The predicted octanol–water partition coefficient (Wildman–Crippen LogP) is 19.2. The van der Waals surface area contributed by atoms with E-state index in [9.17, 15) is 0 Å². The summed E-state index contributed by atoms with van der Waals surface area (Å²) in [5, 5.41) is 4.97. The molecule has 65 heavy (non-hydrogen) atoms. The monoisotopic (exact) mass is 880 g/mol. The van der Waals surface area contributed by atoms with Gasteiger partial charge in [0.15, 0.2) is 0 Å². The average Bonchev–Trinajstić information content (AvgIpc) is 4.20. The quantitative estimate of drug-likeness (QED) is 0.127. The lowest BCUT2D eigenvalue weighted by molar-refractivity contribution is 1.62. The lowest BCUT2D eigenvalue weighted by Crippen LogP contribution is -1.92. The molecule has 0 aliphatic rings. The van der Waals surface area contributed by atoms with Crippen molar-refractivity contribution >= 4 is 55.6 Å². The molecule has 0 amide bonds. The van der Waals surface area contributed by atoms with Crippen molar-refractivity contribution in [3.8, 4) is 96.0 Å². The van der Waals surface area contributed by atoms with Gasteiger partial charge in [-0.05, 0) is 149 Å². The van der Waals surface area contributed by atoms with Crippen molar-refractivity contribution < 1.29 is 0 Å². The van der Waals surface area contributed by atoms with Gasteiger partial charge < -0.3 is 0 Å². The molecule has 0 unspecified atom stereocenters. The molecule has 0 aliphatic heterocycles. The minimum atomic E-state index is 1.20. The summed E-state index contributed by atoms with van der Waals surface area (Å²) in [6.07, 6.45) is 0. The lowest BCUT2D eigenvalue weighted by atomic mass is 9.84. The van der Waals surface area contributed by atoms with Crippen LogP contribution in [-0.2, 0) is 0 Å². The molecule has 0 aliphatic carbocycles. The Balaban J connectivity index is 1.03. The van der Waals surface area contributed by atoms with Crippen LogP contribution in [-0.4, -0.2) is 0 Å². The highest BCUT2D eigenvalue weighted by molar-refractivity contribution is 7.19. The van der Waals surface area contributed by atoms with E-state index in [0.717, 1.165) is 0 Å². The van der Waals surface area contributed by atoms with Crippen LogP contribution >= 0.6 is 34.0 Å². The van der Waals surface area contributed by atoms with Crippen LogP contribution in [0.25, 0.3) is 118 Å². The third kappa shape index (κ3) is 7.54. The van der Waals surface area contributed by atoms with Gasteiger partial charge >= 0.3 is 0 Å². The van der Waals surface area contributed by atoms with Crippen molar-refractivity contribution in [2.24, 2.45) is 0 Å². The lowest BCUT2D eigenvalue weighted by Gasteiger charge is -2.19. The fourth-order valence-corrected chi connectivity index (χ4v) is 12.3. The van der Waals surface area contributed by atoms with Crippen molar-refractivity contribution in [3.63, 3.8) is 0 Å². The summed E-state index contributed by atoms with van der Waals surface area (Å²) in [5.41, 5.74) is 14.8. The van der Waals surface area contributed by atoms with Gasteiger partial charge in [-0.3, -0.25) is 0 Å². The maximum atomic E-state index is 2.45. The van der Waals surface area contributed by atoms with Gasteiger partial charge in [0, 0.05) is 29.3 Å². The van der Waals surface area contributed by atoms with Gasteiger partial charge in [-0.25, -0.2) is 0 Å². The molecule has 3 aromatic heterocycles. The Hall–Kier alpha value is -7.40. The Morgan fingerprint density at radius 3 is 0.892 bits per heavy atom. The maximum absolute atomic E-state index is 2.45. The van der Waals surface area contributed by atoms with E-state index in [4.69, 9.17) is 0 Å². The van der Waals surface area contributed by atoms with E-state index >= 15 is 0 Å². The van der Waals surface area contributed by atoms with E-state index in [1.165, 1.54) is 118 Å². The third-order valence-corrected chi connectivity index (χ3v) is 15.9. The Morgan fingerprint density at radius 1 is 0.169 bits per heavy atom. The molecule has 0 saturated carbocycles. The Morgan fingerprint density at radius 2 is 0.462 bits per heavy atom. The Bertz CT molecular complexity index is 3650. The molecule has 0 atom stereocenters. The zero-order chi connectivity index (χ0) is 43.1. The highest BCUT2D eigenvalue weighted by Crippen LogP contribution is 2.47. The summed E-state index contributed by atoms with van der Waals surface area (Å²) < 4.78 is 0. The average molecular weight is 881 g/mol. The van der Waals surface area contributed by atoms with Crippen molar-refractivity contribution in [2.45, 2.75) is 0 Å². The number of rotatable bonds is 9. The van der Waals surface area contributed by atoms with Crippen LogP contribution < -0.4 is 0 Å². The van der Waals surface area contributed by atoms with Crippen molar-refractivity contribution in [1.29, 1.82) is 0 Å². The first-order chi connectivity index (χ1) is 32.2. The van der Waals surface area contributed by atoms with E-state index < -0.39 is 0 Å². The van der Waals surface area contributed by atoms with E-state index in [1.807, 2.05) is 34.0 Å². The van der Waals surface area contributed by atoms with Gasteiger partial charge in [0.25, 0.3) is 0 Å². The second-order valence-corrected chi connectivity index (χ2v) is 19.6. The first-order valence-corrected chi connectivity index (χ1v) is 24.4. The first-order valence-electron chi connectivity index (χ1n) is 22.0. The van der Waals surface area contributed by atoms with Gasteiger partial charge in [0.1, 0.15) is 0 Å². The van der Waals surface area contributed by atoms with Crippen LogP contribution in [0.1, 0.15) is 0 Å². The number of hydrogen-bond donors (Lipinski definition) is 0. The molecule has 0 spiro atoms. The van der Waals surface area contributed by atoms with Crippen LogP contribution in [0.15, 0.2) is 243 Å². The number of hydrogen-bond acceptors (Lipinski definition) is 3. The zero-order valence-corrected chi connectivity index (χ0v) is 37.8. The number of benzene rings is 9. The van der Waals surface area contributed by atoms with Gasteiger partial charge in [-0.15, -0.1) is 34.0 Å². The molecule has 0 radical (unpaired) electrons. The molecule has 9 aromatic carbocycles. The molecule has 0 N–H and O–H groups in total. The molecule has 306 valence electrons. The molecule has 3 heterocycles. The second-order valence-electron chi connectivity index (χ2n) is 16.4. The smallest absolute Gasteiger partial charge is 0.0349 e. The summed E-state index contributed by atoms with van der Waals surface area (Å²) in [6.45, 7) is 0. The highest BCUT2D eigenvalue weighted by atomic mass is 32.1. The van der Waals surface area contributed by atoms with E-state index in [1.54, 1.807) is 0 Å². The van der Waals surface area contributed by atoms with Crippen LogP contribution in [0.4, 0.5) is 0 Å².